The standard InChI is InChI=1S/C22H18N6O2S2/c1-12-14-6-5-8-16(30-2)19(14)27-20(23-12)28-21-24-13(10-18(29)26-21)11-31-22-25-15-7-3-4-9-17(15)32-22/h3-10H,11H2,1-2H3,(H2,23,24,26,27,28,29). The van der Waals surface area contributed by atoms with Crippen molar-refractivity contribution < 1.29 is 4.74 Å². The number of H-pyrrole nitrogens is 1. The molecule has 5 rings (SSSR count). The van der Waals surface area contributed by atoms with E-state index in [4.69, 9.17) is 4.74 Å². The fourth-order valence-corrected chi connectivity index (χ4v) is 5.26. The zero-order valence-electron chi connectivity index (χ0n) is 17.2. The molecule has 0 unspecified atom stereocenters. The van der Waals surface area contributed by atoms with Gasteiger partial charge in [0.25, 0.3) is 5.56 Å². The van der Waals surface area contributed by atoms with Gasteiger partial charge in [-0.25, -0.2) is 19.9 Å². The number of nitrogens with zero attached hydrogens (tertiary/aromatic N) is 4. The lowest BCUT2D eigenvalue weighted by Gasteiger charge is -2.10. The van der Waals surface area contributed by atoms with Crippen molar-refractivity contribution in [3.63, 3.8) is 0 Å². The lowest BCUT2D eigenvalue weighted by Crippen LogP contribution is -2.13. The number of anilines is 2. The van der Waals surface area contributed by atoms with Crippen molar-refractivity contribution in [2.24, 2.45) is 0 Å². The summed E-state index contributed by atoms with van der Waals surface area (Å²) in [5.41, 5.74) is 2.84. The average Bonchev–Trinajstić information content (AvgIpc) is 3.20. The first-order valence-electron chi connectivity index (χ1n) is 9.76. The molecule has 0 amide bonds. The highest BCUT2D eigenvalue weighted by Gasteiger charge is 2.11. The molecule has 0 spiro atoms. The Morgan fingerprint density at radius 3 is 2.81 bits per heavy atom. The van der Waals surface area contributed by atoms with Gasteiger partial charge in [-0.05, 0) is 25.1 Å². The van der Waals surface area contributed by atoms with E-state index in [2.05, 4.69) is 30.2 Å². The maximum atomic E-state index is 12.2. The third kappa shape index (κ3) is 4.14. The SMILES string of the molecule is COc1cccc2c(C)nc(Nc3nc(CSc4nc5ccccc5s4)cc(=O)[nH]3)nc12. The van der Waals surface area contributed by atoms with Gasteiger partial charge in [-0.15, -0.1) is 11.3 Å². The minimum absolute atomic E-state index is 0.252. The summed E-state index contributed by atoms with van der Waals surface area (Å²) < 4.78 is 7.49. The molecule has 0 aliphatic rings. The molecule has 10 heteroatoms. The van der Waals surface area contributed by atoms with Gasteiger partial charge in [0.1, 0.15) is 11.3 Å². The molecular weight excluding hydrogens is 444 g/mol. The molecule has 32 heavy (non-hydrogen) atoms. The Labute approximate surface area is 191 Å². The number of thioether (sulfide) groups is 1. The van der Waals surface area contributed by atoms with Gasteiger partial charge in [0, 0.05) is 17.2 Å². The highest BCUT2D eigenvalue weighted by Crippen LogP contribution is 2.31. The first-order chi connectivity index (χ1) is 15.6. The van der Waals surface area contributed by atoms with Gasteiger partial charge >= 0.3 is 0 Å². The van der Waals surface area contributed by atoms with Crippen LogP contribution < -0.4 is 15.6 Å². The normalized spacial score (nSPS) is 11.2. The number of hydrogen-bond donors (Lipinski definition) is 2. The molecule has 0 bridgehead atoms. The van der Waals surface area contributed by atoms with E-state index in [0.29, 0.717) is 28.7 Å². The van der Waals surface area contributed by atoms with Crippen molar-refractivity contribution in [3.05, 3.63) is 70.3 Å². The van der Waals surface area contributed by atoms with Crippen molar-refractivity contribution in [3.8, 4) is 5.75 Å². The molecule has 0 aliphatic heterocycles. The quantitative estimate of drug-likeness (QED) is 0.351. The summed E-state index contributed by atoms with van der Waals surface area (Å²) in [4.78, 5) is 33.1. The molecule has 0 radical (unpaired) electrons. The molecule has 0 saturated carbocycles. The van der Waals surface area contributed by atoms with E-state index < -0.39 is 0 Å². The zero-order chi connectivity index (χ0) is 22.1. The van der Waals surface area contributed by atoms with Gasteiger partial charge in [0.2, 0.25) is 11.9 Å². The van der Waals surface area contributed by atoms with E-state index in [9.17, 15) is 4.79 Å². The molecule has 3 heterocycles. The van der Waals surface area contributed by atoms with Crippen LogP contribution in [0.15, 0.2) is 57.7 Å². The van der Waals surface area contributed by atoms with Crippen LogP contribution in [0.2, 0.25) is 0 Å². The number of ether oxygens (including phenoxy) is 1. The summed E-state index contributed by atoms with van der Waals surface area (Å²) in [5.74, 6) is 1.78. The molecule has 2 N–H and O–H groups in total. The van der Waals surface area contributed by atoms with Crippen LogP contribution in [0.5, 0.6) is 5.75 Å². The third-order valence-corrected chi connectivity index (χ3v) is 6.96. The number of aromatic nitrogens is 5. The van der Waals surface area contributed by atoms with Crippen LogP contribution in [0.25, 0.3) is 21.1 Å². The topological polar surface area (TPSA) is 106 Å². The number of para-hydroxylation sites is 2. The first kappa shape index (κ1) is 20.4. The number of thiazole rings is 1. The van der Waals surface area contributed by atoms with Gasteiger partial charge in [0.15, 0.2) is 4.34 Å². The van der Waals surface area contributed by atoms with Crippen molar-refractivity contribution in [1.29, 1.82) is 0 Å². The second-order valence-corrected chi connectivity index (χ2v) is 9.19. The van der Waals surface area contributed by atoms with Crippen LogP contribution in [0.4, 0.5) is 11.9 Å². The van der Waals surface area contributed by atoms with E-state index in [1.807, 2.05) is 49.4 Å². The zero-order valence-corrected chi connectivity index (χ0v) is 18.9. The summed E-state index contributed by atoms with van der Waals surface area (Å²) >= 11 is 3.17. The Balaban J connectivity index is 1.39. The Morgan fingerprint density at radius 1 is 1.09 bits per heavy atom. The molecule has 0 saturated heterocycles. The number of aromatic amines is 1. The average molecular weight is 463 g/mol. The molecule has 0 aliphatic carbocycles. The van der Waals surface area contributed by atoms with Crippen LogP contribution >= 0.6 is 23.1 Å². The maximum absolute atomic E-state index is 12.2. The summed E-state index contributed by atoms with van der Waals surface area (Å²) in [5, 5.41) is 3.92. The minimum Gasteiger partial charge on any atom is -0.494 e. The second-order valence-electron chi connectivity index (χ2n) is 6.94. The lowest BCUT2D eigenvalue weighted by molar-refractivity contribution is 0.419. The highest BCUT2D eigenvalue weighted by molar-refractivity contribution is 8.00. The molecular formula is C22H18N6O2S2. The van der Waals surface area contributed by atoms with Crippen LogP contribution in [0, 0.1) is 6.92 Å². The van der Waals surface area contributed by atoms with Crippen molar-refractivity contribution >= 4 is 56.1 Å². The van der Waals surface area contributed by atoms with Crippen LogP contribution in [-0.2, 0) is 5.75 Å². The molecule has 2 aromatic carbocycles. The number of methoxy groups -OCH3 is 1. The Morgan fingerprint density at radius 2 is 1.97 bits per heavy atom. The van der Waals surface area contributed by atoms with Crippen molar-refractivity contribution in [2.75, 3.05) is 12.4 Å². The van der Waals surface area contributed by atoms with Gasteiger partial charge < -0.3 is 4.74 Å². The number of aryl methyl sites for hydroxylation is 1. The molecule has 0 atom stereocenters. The van der Waals surface area contributed by atoms with Gasteiger partial charge in [0.05, 0.1) is 28.7 Å². The summed E-state index contributed by atoms with van der Waals surface area (Å²) in [6.07, 6.45) is 0. The highest BCUT2D eigenvalue weighted by atomic mass is 32.2. The minimum atomic E-state index is -0.252. The van der Waals surface area contributed by atoms with Gasteiger partial charge in [-0.1, -0.05) is 36.0 Å². The number of benzene rings is 2. The number of fused-ring (bicyclic) bond motifs is 2. The lowest BCUT2D eigenvalue weighted by atomic mass is 10.2. The second kappa shape index (κ2) is 8.56. The van der Waals surface area contributed by atoms with Crippen LogP contribution in [0.1, 0.15) is 11.4 Å². The van der Waals surface area contributed by atoms with Crippen LogP contribution in [-0.4, -0.2) is 32.0 Å². The Hall–Kier alpha value is -3.50. The van der Waals surface area contributed by atoms with Gasteiger partial charge in [-0.3, -0.25) is 15.1 Å². The molecule has 3 aromatic heterocycles. The smallest absolute Gasteiger partial charge is 0.252 e. The Kier molecular flexibility index (Phi) is 5.46. The van der Waals surface area contributed by atoms with Crippen molar-refractivity contribution in [2.45, 2.75) is 17.0 Å². The number of nitrogens with one attached hydrogen (secondary N) is 2. The van der Waals surface area contributed by atoms with E-state index in [1.54, 1.807) is 30.2 Å². The van der Waals surface area contributed by atoms with E-state index >= 15 is 0 Å². The molecule has 5 aromatic rings. The van der Waals surface area contributed by atoms with E-state index in [-0.39, 0.29) is 11.5 Å². The summed E-state index contributed by atoms with van der Waals surface area (Å²) in [6, 6.07) is 15.2. The third-order valence-electron chi connectivity index (χ3n) is 4.74. The largest absolute Gasteiger partial charge is 0.494 e. The number of hydrogen-bond acceptors (Lipinski definition) is 9. The number of rotatable bonds is 6. The Bertz CT molecular complexity index is 1460. The van der Waals surface area contributed by atoms with Crippen molar-refractivity contribution in [1.82, 2.24) is 24.9 Å². The van der Waals surface area contributed by atoms with E-state index in [0.717, 1.165) is 25.6 Å². The molecule has 0 fully saturated rings. The first-order valence-corrected chi connectivity index (χ1v) is 11.6. The molecule has 8 nitrogen and oxygen atoms in total. The predicted octanol–water partition coefficient (Wildman–Crippen LogP) is 4.68. The maximum Gasteiger partial charge on any atom is 0.252 e. The summed E-state index contributed by atoms with van der Waals surface area (Å²) in [7, 11) is 1.60. The fraction of sp³-hybridized carbons (Fsp3) is 0.136. The predicted molar refractivity (Wildman–Crippen MR) is 128 cm³/mol. The van der Waals surface area contributed by atoms with Crippen LogP contribution in [0.3, 0.4) is 0 Å². The summed E-state index contributed by atoms with van der Waals surface area (Å²) in [6.45, 7) is 1.90. The van der Waals surface area contributed by atoms with E-state index in [1.165, 1.54) is 6.07 Å². The van der Waals surface area contributed by atoms with Gasteiger partial charge in [-0.2, -0.15) is 0 Å². The fourth-order valence-electron chi connectivity index (χ4n) is 3.30. The molecule has 160 valence electrons. The monoisotopic (exact) mass is 462 g/mol.